The van der Waals surface area contributed by atoms with E-state index >= 15 is 0 Å². The van der Waals surface area contributed by atoms with Crippen LogP contribution in [0.4, 0.5) is 5.82 Å². The molecular formula is C14H23N3S. The first-order chi connectivity index (χ1) is 8.79. The second-order valence-corrected chi connectivity index (χ2v) is 5.93. The Morgan fingerprint density at radius 1 is 1.33 bits per heavy atom. The third kappa shape index (κ3) is 3.89. The molecule has 1 fully saturated rings. The fourth-order valence-corrected chi connectivity index (χ4v) is 3.12. The van der Waals surface area contributed by atoms with Gasteiger partial charge in [0.1, 0.15) is 5.82 Å². The molecule has 2 rings (SSSR count). The van der Waals surface area contributed by atoms with Gasteiger partial charge < -0.3 is 10.2 Å². The van der Waals surface area contributed by atoms with Crippen LogP contribution in [0.5, 0.6) is 0 Å². The van der Waals surface area contributed by atoms with Crippen LogP contribution in [0.1, 0.15) is 24.6 Å². The molecule has 0 aromatic carbocycles. The Hall–Kier alpha value is -0.740. The number of hydrogen-bond acceptors (Lipinski definition) is 4. The lowest BCUT2D eigenvalue weighted by atomic mass is 10.2. The molecule has 0 saturated carbocycles. The standard InChI is InChI=1S/C14H23N3S/c1-3-15-11-13-9-12(2)16-14(10-13)17-5-4-7-18-8-6-17/h9-10,15H,3-8,11H2,1-2H3. The van der Waals surface area contributed by atoms with E-state index in [2.05, 4.69) is 48.0 Å². The summed E-state index contributed by atoms with van der Waals surface area (Å²) in [5, 5.41) is 3.38. The number of thioether (sulfide) groups is 1. The molecule has 0 unspecified atom stereocenters. The highest BCUT2D eigenvalue weighted by molar-refractivity contribution is 7.99. The van der Waals surface area contributed by atoms with Crippen molar-refractivity contribution in [2.24, 2.45) is 0 Å². The number of rotatable bonds is 4. The molecule has 0 aliphatic carbocycles. The van der Waals surface area contributed by atoms with Gasteiger partial charge in [0.05, 0.1) is 0 Å². The average molecular weight is 265 g/mol. The Balaban J connectivity index is 2.12. The van der Waals surface area contributed by atoms with Crippen LogP contribution in [0.15, 0.2) is 12.1 Å². The molecule has 0 amide bonds. The molecule has 0 bridgehead atoms. The Labute approximate surface area is 114 Å². The molecule has 1 saturated heterocycles. The van der Waals surface area contributed by atoms with Gasteiger partial charge >= 0.3 is 0 Å². The van der Waals surface area contributed by atoms with E-state index in [-0.39, 0.29) is 0 Å². The fraction of sp³-hybridized carbons (Fsp3) is 0.643. The highest BCUT2D eigenvalue weighted by Crippen LogP contribution is 2.19. The molecule has 18 heavy (non-hydrogen) atoms. The molecular weight excluding hydrogens is 242 g/mol. The zero-order chi connectivity index (χ0) is 12.8. The monoisotopic (exact) mass is 265 g/mol. The van der Waals surface area contributed by atoms with Crippen LogP contribution in [-0.4, -0.2) is 36.1 Å². The van der Waals surface area contributed by atoms with Crippen LogP contribution >= 0.6 is 11.8 Å². The van der Waals surface area contributed by atoms with Gasteiger partial charge in [-0.3, -0.25) is 0 Å². The number of anilines is 1. The van der Waals surface area contributed by atoms with E-state index in [0.717, 1.165) is 37.7 Å². The molecule has 3 nitrogen and oxygen atoms in total. The lowest BCUT2D eigenvalue weighted by Gasteiger charge is -2.22. The zero-order valence-electron chi connectivity index (χ0n) is 11.4. The van der Waals surface area contributed by atoms with E-state index in [1.807, 2.05) is 0 Å². The third-order valence-electron chi connectivity index (χ3n) is 3.13. The summed E-state index contributed by atoms with van der Waals surface area (Å²) in [5.74, 6) is 3.66. The summed E-state index contributed by atoms with van der Waals surface area (Å²) in [5.41, 5.74) is 2.47. The van der Waals surface area contributed by atoms with Crippen LogP contribution in [0, 0.1) is 6.92 Å². The Morgan fingerprint density at radius 2 is 2.22 bits per heavy atom. The number of aromatic nitrogens is 1. The fourth-order valence-electron chi connectivity index (χ4n) is 2.23. The van der Waals surface area contributed by atoms with Crippen molar-refractivity contribution in [3.63, 3.8) is 0 Å². The van der Waals surface area contributed by atoms with Crippen molar-refractivity contribution in [2.45, 2.75) is 26.8 Å². The van der Waals surface area contributed by atoms with Crippen molar-refractivity contribution in [3.8, 4) is 0 Å². The molecule has 1 aromatic rings. The molecule has 0 spiro atoms. The minimum atomic E-state index is 0.940. The van der Waals surface area contributed by atoms with Crippen LogP contribution < -0.4 is 10.2 Å². The molecule has 4 heteroatoms. The van der Waals surface area contributed by atoms with Crippen molar-refractivity contribution >= 4 is 17.6 Å². The topological polar surface area (TPSA) is 28.2 Å². The number of pyridine rings is 1. The second kappa shape index (κ2) is 7.00. The zero-order valence-corrected chi connectivity index (χ0v) is 12.2. The van der Waals surface area contributed by atoms with Crippen molar-refractivity contribution in [1.82, 2.24) is 10.3 Å². The van der Waals surface area contributed by atoms with Crippen LogP contribution in [0.3, 0.4) is 0 Å². The van der Waals surface area contributed by atoms with Crippen molar-refractivity contribution in [3.05, 3.63) is 23.4 Å². The molecule has 0 radical (unpaired) electrons. The summed E-state index contributed by atoms with van der Waals surface area (Å²) in [7, 11) is 0. The highest BCUT2D eigenvalue weighted by atomic mass is 32.2. The molecule has 1 aliphatic heterocycles. The van der Waals surface area contributed by atoms with E-state index in [0.29, 0.717) is 0 Å². The maximum absolute atomic E-state index is 4.70. The minimum Gasteiger partial charge on any atom is -0.356 e. The van der Waals surface area contributed by atoms with Gasteiger partial charge in [0, 0.05) is 31.1 Å². The average Bonchev–Trinajstić information content (AvgIpc) is 2.64. The summed E-state index contributed by atoms with van der Waals surface area (Å²) in [6, 6.07) is 4.42. The highest BCUT2D eigenvalue weighted by Gasteiger charge is 2.12. The van der Waals surface area contributed by atoms with Gasteiger partial charge in [0.2, 0.25) is 0 Å². The number of nitrogens with one attached hydrogen (secondary N) is 1. The summed E-state index contributed by atoms with van der Waals surface area (Å²) in [6.07, 6.45) is 1.27. The summed E-state index contributed by atoms with van der Waals surface area (Å²) in [6.45, 7) is 8.45. The molecule has 1 aromatic heterocycles. The number of aryl methyl sites for hydroxylation is 1. The number of hydrogen-bond donors (Lipinski definition) is 1. The lowest BCUT2D eigenvalue weighted by Crippen LogP contribution is -2.27. The quantitative estimate of drug-likeness (QED) is 0.905. The van der Waals surface area contributed by atoms with Crippen LogP contribution in [0.25, 0.3) is 0 Å². The lowest BCUT2D eigenvalue weighted by molar-refractivity contribution is 0.722. The SMILES string of the molecule is CCNCc1cc(C)nc(N2CCCSCC2)c1. The van der Waals surface area contributed by atoms with Gasteiger partial charge in [-0.25, -0.2) is 4.98 Å². The summed E-state index contributed by atoms with van der Waals surface area (Å²) in [4.78, 5) is 7.13. The first kappa shape index (κ1) is 13.7. The van der Waals surface area contributed by atoms with Crippen LogP contribution in [0.2, 0.25) is 0 Å². The van der Waals surface area contributed by atoms with Crippen molar-refractivity contribution < 1.29 is 0 Å². The summed E-state index contributed by atoms with van der Waals surface area (Å²) < 4.78 is 0. The van der Waals surface area contributed by atoms with Gasteiger partial charge in [0.15, 0.2) is 0 Å². The van der Waals surface area contributed by atoms with E-state index in [9.17, 15) is 0 Å². The Bertz CT molecular complexity index is 373. The van der Waals surface area contributed by atoms with Gasteiger partial charge in [-0.2, -0.15) is 11.8 Å². The minimum absolute atomic E-state index is 0.940. The van der Waals surface area contributed by atoms with Gasteiger partial charge in [0.25, 0.3) is 0 Å². The maximum atomic E-state index is 4.70. The van der Waals surface area contributed by atoms with Gasteiger partial charge in [-0.05, 0) is 43.3 Å². The van der Waals surface area contributed by atoms with E-state index < -0.39 is 0 Å². The van der Waals surface area contributed by atoms with E-state index in [1.165, 1.54) is 23.5 Å². The first-order valence-electron chi connectivity index (χ1n) is 6.80. The van der Waals surface area contributed by atoms with Crippen molar-refractivity contribution in [1.29, 1.82) is 0 Å². The largest absolute Gasteiger partial charge is 0.356 e. The second-order valence-electron chi connectivity index (χ2n) is 4.71. The normalized spacial score (nSPS) is 16.7. The first-order valence-corrected chi connectivity index (χ1v) is 7.96. The van der Waals surface area contributed by atoms with E-state index in [4.69, 9.17) is 4.98 Å². The molecule has 1 aliphatic rings. The van der Waals surface area contributed by atoms with Crippen molar-refractivity contribution in [2.75, 3.05) is 36.0 Å². The molecule has 100 valence electrons. The van der Waals surface area contributed by atoms with Crippen LogP contribution in [-0.2, 0) is 6.54 Å². The smallest absolute Gasteiger partial charge is 0.129 e. The summed E-state index contributed by atoms with van der Waals surface area (Å²) >= 11 is 2.05. The Morgan fingerprint density at radius 3 is 3.06 bits per heavy atom. The predicted molar refractivity (Wildman–Crippen MR) is 80.5 cm³/mol. The van der Waals surface area contributed by atoms with Gasteiger partial charge in [-0.15, -0.1) is 0 Å². The molecule has 2 heterocycles. The Kier molecular flexibility index (Phi) is 5.32. The number of nitrogens with zero attached hydrogens (tertiary/aromatic N) is 2. The van der Waals surface area contributed by atoms with Gasteiger partial charge in [-0.1, -0.05) is 6.92 Å². The molecule has 0 atom stereocenters. The molecule has 1 N–H and O–H groups in total. The van der Waals surface area contributed by atoms with E-state index in [1.54, 1.807) is 0 Å². The predicted octanol–water partition coefficient (Wildman–Crippen LogP) is 2.44. The maximum Gasteiger partial charge on any atom is 0.129 e. The third-order valence-corrected chi connectivity index (χ3v) is 4.17.